The molecule has 3 aromatic rings. The third-order valence-electron chi connectivity index (χ3n) is 5.82. The van der Waals surface area contributed by atoms with Gasteiger partial charge in [-0.3, -0.25) is 9.59 Å². The summed E-state index contributed by atoms with van der Waals surface area (Å²) in [6, 6.07) is 29.2. The minimum absolute atomic E-state index is 0.0652. The summed E-state index contributed by atoms with van der Waals surface area (Å²) in [4.78, 5) is 26.0. The minimum atomic E-state index is -0.814. The number of carbonyl (C=O) groups excluding carboxylic acids is 2. The first kappa shape index (κ1) is 23.8. The summed E-state index contributed by atoms with van der Waals surface area (Å²) < 4.78 is 10.5. The number of ether oxygens (including phenoxy) is 2. The first-order chi connectivity index (χ1) is 16.0. The average Bonchev–Trinajstić information content (AvgIpc) is 3.20. The molecule has 0 bridgehead atoms. The van der Waals surface area contributed by atoms with Gasteiger partial charge in [0.2, 0.25) is 0 Å². The van der Waals surface area contributed by atoms with Gasteiger partial charge < -0.3 is 9.47 Å². The maximum atomic E-state index is 13.1. The molecule has 0 amide bonds. The lowest BCUT2D eigenvalue weighted by atomic mass is 9.92. The number of thioether (sulfide) groups is 1. The molecule has 33 heavy (non-hydrogen) atoms. The largest absolute Gasteiger partial charge is 0.468 e. The molecule has 1 aliphatic rings. The highest BCUT2D eigenvalue weighted by atomic mass is 127. The monoisotopic (exact) mass is 572 g/mol. The van der Waals surface area contributed by atoms with Gasteiger partial charge >= 0.3 is 11.9 Å². The topological polar surface area (TPSA) is 52.6 Å². The quantitative estimate of drug-likeness (QED) is 0.195. The van der Waals surface area contributed by atoms with Crippen LogP contribution in [0.5, 0.6) is 0 Å². The van der Waals surface area contributed by atoms with Gasteiger partial charge in [0.05, 0.1) is 13.5 Å². The van der Waals surface area contributed by atoms with E-state index in [1.165, 1.54) is 18.9 Å². The van der Waals surface area contributed by atoms with E-state index in [0.717, 1.165) is 16.7 Å². The van der Waals surface area contributed by atoms with Crippen molar-refractivity contribution in [1.82, 2.24) is 0 Å². The van der Waals surface area contributed by atoms with Crippen LogP contribution in [0.1, 0.15) is 35.6 Å². The number of methoxy groups -OCH3 is 1. The van der Waals surface area contributed by atoms with E-state index in [-0.39, 0.29) is 27.5 Å². The van der Waals surface area contributed by atoms with Gasteiger partial charge in [0.1, 0.15) is 4.75 Å². The summed E-state index contributed by atoms with van der Waals surface area (Å²) in [5.74, 6) is -0.553. The van der Waals surface area contributed by atoms with E-state index in [1.807, 2.05) is 91.0 Å². The van der Waals surface area contributed by atoms with Crippen LogP contribution >= 0.6 is 34.4 Å². The Morgan fingerprint density at radius 2 is 1.45 bits per heavy atom. The Morgan fingerprint density at radius 3 is 1.97 bits per heavy atom. The van der Waals surface area contributed by atoms with Crippen LogP contribution in [0.3, 0.4) is 0 Å². The highest BCUT2D eigenvalue weighted by molar-refractivity contribution is 14.1. The van der Waals surface area contributed by atoms with Crippen LogP contribution < -0.4 is 0 Å². The van der Waals surface area contributed by atoms with Crippen molar-refractivity contribution in [2.24, 2.45) is 0 Å². The number of hydrogen-bond acceptors (Lipinski definition) is 5. The molecule has 4 rings (SSSR count). The number of esters is 2. The fraction of sp³-hybridized carbons (Fsp3) is 0.259. The summed E-state index contributed by atoms with van der Waals surface area (Å²) in [6.45, 7) is 0. The van der Waals surface area contributed by atoms with Crippen molar-refractivity contribution < 1.29 is 19.1 Å². The fourth-order valence-corrected chi connectivity index (χ4v) is 7.55. The third-order valence-corrected chi connectivity index (χ3v) is 9.38. The molecule has 6 heteroatoms. The molecule has 3 atom stereocenters. The number of halogens is 1. The number of carbonyl (C=O) groups is 2. The van der Waals surface area contributed by atoms with Crippen LogP contribution in [-0.2, 0) is 23.8 Å². The normalized spacial score (nSPS) is 22.2. The molecule has 0 N–H and O–H groups in total. The van der Waals surface area contributed by atoms with Gasteiger partial charge in [-0.2, -0.15) is 0 Å². The highest BCUT2D eigenvalue weighted by Gasteiger charge is 2.53. The fourth-order valence-electron chi connectivity index (χ4n) is 4.19. The van der Waals surface area contributed by atoms with Crippen LogP contribution in [-0.4, -0.2) is 28.2 Å². The van der Waals surface area contributed by atoms with Crippen molar-refractivity contribution in [1.29, 1.82) is 0 Å². The molecule has 0 saturated carbocycles. The maximum Gasteiger partial charge on any atom is 0.326 e. The van der Waals surface area contributed by atoms with Gasteiger partial charge in [0, 0.05) is 9.17 Å². The van der Waals surface area contributed by atoms with Gasteiger partial charge in [-0.05, 0) is 23.1 Å². The molecule has 0 unspecified atom stereocenters. The summed E-state index contributed by atoms with van der Waals surface area (Å²) in [5, 5.41) is -0.0652. The van der Waals surface area contributed by atoms with Crippen LogP contribution in [0.25, 0.3) is 0 Å². The molecule has 0 aliphatic carbocycles. The second-order valence-corrected chi connectivity index (χ2v) is 11.1. The number of hydrogen-bond donors (Lipinski definition) is 0. The van der Waals surface area contributed by atoms with Crippen molar-refractivity contribution in [2.75, 3.05) is 7.11 Å². The van der Waals surface area contributed by atoms with Crippen molar-refractivity contribution in [3.63, 3.8) is 0 Å². The van der Waals surface area contributed by atoms with Crippen molar-refractivity contribution in [2.45, 2.75) is 32.9 Å². The van der Waals surface area contributed by atoms with E-state index in [1.54, 1.807) is 0 Å². The summed E-state index contributed by atoms with van der Waals surface area (Å²) in [6.07, 6.45) is 0.353. The van der Waals surface area contributed by atoms with Crippen molar-refractivity contribution in [3.05, 3.63) is 108 Å². The maximum absolute atomic E-state index is 13.1. The third kappa shape index (κ3) is 5.27. The van der Waals surface area contributed by atoms with Gasteiger partial charge in [-0.15, -0.1) is 11.8 Å². The molecule has 1 fully saturated rings. The molecule has 1 aliphatic heterocycles. The number of rotatable bonds is 7. The first-order valence-corrected chi connectivity index (χ1v) is 12.9. The molecule has 3 aromatic carbocycles. The van der Waals surface area contributed by atoms with E-state index < -0.39 is 10.9 Å². The smallest absolute Gasteiger partial charge is 0.326 e. The number of benzene rings is 3. The second kappa shape index (κ2) is 10.7. The van der Waals surface area contributed by atoms with E-state index in [4.69, 9.17) is 9.47 Å². The zero-order valence-electron chi connectivity index (χ0n) is 18.2. The molecular formula is C27H25IO4S. The Kier molecular flexibility index (Phi) is 7.75. The Morgan fingerprint density at radius 1 is 0.939 bits per heavy atom. The Bertz CT molecular complexity index is 1040. The predicted octanol–water partition coefficient (Wildman–Crippen LogP) is 6.09. The molecule has 0 aromatic heterocycles. The van der Waals surface area contributed by atoms with E-state index in [2.05, 4.69) is 22.6 Å². The highest BCUT2D eigenvalue weighted by Crippen LogP contribution is 2.54. The average molecular weight is 572 g/mol. The second-order valence-electron chi connectivity index (χ2n) is 7.96. The summed E-state index contributed by atoms with van der Waals surface area (Å²) >= 11 is 3.87. The molecule has 0 spiro atoms. The molecule has 1 saturated heterocycles. The van der Waals surface area contributed by atoms with E-state index >= 15 is 0 Å². The van der Waals surface area contributed by atoms with Crippen LogP contribution in [0.15, 0.2) is 91.0 Å². The van der Waals surface area contributed by atoms with Crippen LogP contribution in [0.2, 0.25) is 0 Å². The molecule has 4 nitrogen and oxygen atoms in total. The molecular weight excluding hydrogens is 547 g/mol. The summed E-state index contributed by atoms with van der Waals surface area (Å²) in [5.41, 5.74) is 2.76. The standard InChI is InChI=1S/C27H25IO4S/c1-31-26(30)27(21-15-9-4-10-16-21)18-22(28)23(33-27)17-24(29)32-25(19-11-5-2-6-12-19)20-13-7-3-8-14-20/h2-16,22-23,25H,17-18H2,1H3/t22-,23-,27+/m0/s1. The van der Waals surface area contributed by atoms with Crippen molar-refractivity contribution >= 4 is 46.3 Å². The lowest BCUT2D eigenvalue weighted by Crippen LogP contribution is -2.31. The van der Waals surface area contributed by atoms with Gasteiger partial charge in [0.25, 0.3) is 0 Å². The van der Waals surface area contributed by atoms with E-state index in [0.29, 0.717) is 6.42 Å². The Labute approximate surface area is 212 Å². The van der Waals surface area contributed by atoms with Crippen molar-refractivity contribution in [3.8, 4) is 0 Å². The summed E-state index contributed by atoms with van der Waals surface area (Å²) in [7, 11) is 1.42. The zero-order chi connectivity index (χ0) is 23.3. The first-order valence-electron chi connectivity index (χ1n) is 10.8. The van der Waals surface area contributed by atoms with Gasteiger partial charge in [-0.1, -0.05) is 114 Å². The van der Waals surface area contributed by atoms with E-state index in [9.17, 15) is 9.59 Å². The number of alkyl halides is 1. The van der Waals surface area contributed by atoms with Gasteiger partial charge in [-0.25, -0.2) is 0 Å². The van der Waals surface area contributed by atoms with Gasteiger partial charge in [0.15, 0.2) is 6.10 Å². The van der Waals surface area contributed by atoms with Crippen LogP contribution in [0.4, 0.5) is 0 Å². The molecule has 0 radical (unpaired) electrons. The zero-order valence-corrected chi connectivity index (χ0v) is 21.2. The lowest BCUT2D eigenvalue weighted by molar-refractivity contribution is -0.147. The minimum Gasteiger partial charge on any atom is -0.468 e. The predicted molar refractivity (Wildman–Crippen MR) is 139 cm³/mol. The van der Waals surface area contributed by atoms with Crippen LogP contribution in [0, 0.1) is 0 Å². The molecule has 170 valence electrons. The Hall–Kier alpha value is -2.32. The molecule has 1 heterocycles. The SMILES string of the molecule is COC(=O)[C@]1(c2ccccc2)C[C@H](I)[C@H](CC(=O)OC(c2ccccc2)c2ccccc2)S1. The lowest BCUT2D eigenvalue weighted by Gasteiger charge is -2.26. The Balaban J connectivity index is 1.53.